The maximum atomic E-state index is 10.6. The first-order valence-corrected chi connectivity index (χ1v) is 6.56. The summed E-state index contributed by atoms with van der Waals surface area (Å²) in [5, 5.41) is 13.8. The Labute approximate surface area is 99.6 Å². The predicted molar refractivity (Wildman–Crippen MR) is 67.8 cm³/mol. The Morgan fingerprint density at radius 1 is 1.50 bits per heavy atom. The lowest BCUT2D eigenvalue weighted by molar-refractivity contribution is -0.384. The Hall–Kier alpha value is -1.07. The van der Waals surface area contributed by atoms with Crippen molar-refractivity contribution < 1.29 is 4.92 Å². The highest BCUT2D eigenvalue weighted by Gasteiger charge is 2.04. The van der Waals surface area contributed by atoms with Gasteiger partial charge >= 0.3 is 0 Å². The Morgan fingerprint density at radius 3 is 3.00 bits per heavy atom. The van der Waals surface area contributed by atoms with E-state index >= 15 is 0 Å². The van der Waals surface area contributed by atoms with E-state index in [2.05, 4.69) is 11.6 Å². The second kappa shape index (κ2) is 7.24. The van der Waals surface area contributed by atoms with Crippen LogP contribution in [-0.4, -0.2) is 23.5 Å². The summed E-state index contributed by atoms with van der Waals surface area (Å²) in [6, 6.07) is 6.74. The molecule has 1 N–H and O–H groups in total. The number of non-ortho nitro benzene ring substituents is 1. The second-order valence-electron chi connectivity index (χ2n) is 3.45. The molecule has 4 nitrogen and oxygen atoms in total. The predicted octanol–water partition coefficient (Wildman–Crippen LogP) is 2.44. The van der Waals surface area contributed by atoms with Crippen molar-refractivity contribution in [3.8, 4) is 0 Å². The van der Waals surface area contributed by atoms with Crippen LogP contribution in [0.5, 0.6) is 0 Å². The molecule has 1 aromatic carbocycles. The van der Waals surface area contributed by atoms with Gasteiger partial charge in [0.2, 0.25) is 0 Å². The van der Waals surface area contributed by atoms with Crippen LogP contribution in [0.4, 0.5) is 5.69 Å². The molecule has 0 bridgehead atoms. The summed E-state index contributed by atoms with van der Waals surface area (Å²) in [5.74, 6) is 1.14. The van der Waals surface area contributed by atoms with Crippen LogP contribution in [-0.2, 0) is 6.54 Å². The molecule has 0 fully saturated rings. The molecular formula is C11H16N2O2S. The molecule has 1 rings (SSSR count). The standard InChI is InChI=1S/C11H16N2O2S/c1-16-7-3-6-12-9-10-4-2-5-11(8-10)13(14)15/h2,4-5,8,12H,3,6-7,9H2,1H3. The van der Waals surface area contributed by atoms with Crippen LogP contribution in [0.3, 0.4) is 0 Å². The van der Waals surface area contributed by atoms with Gasteiger partial charge in [0.1, 0.15) is 0 Å². The number of thioether (sulfide) groups is 1. The lowest BCUT2D eigenvalue weighted by atomic mass is 10.2. The molecule has 0 spiro atoms. The van der Waals surface area contributed by atoms with Crippen LogP contribution in [0.25, 0.3) is 0 Å². The average Bonchev–Trinajstić information content (AvgIpc) is 2.29. The van der Waals surface area contributed by atoms with Gasteiger partial charge in [-0.15, -0.1) is 0 Å². The van der Waals surface area contributed by atoms with Crippen molar-refractivity contribution in [2.24, 2.45) is 0 Å². The van der Waals surface area contributed by atoms with E-state index in [1.165, 1.54) is 6.07 Å². The Balaban J connectivity index is 2.36. The van der Waals surface area contributed by atoms with Gasteiger partial charge in [-0.2, -0.15) is 11.8 Å². The van der Waals surface area contributed by atoms with Crippen LogP contribution in [0.1, 0.15) is 12.0 Å². The van der Waals surface area contributed by atoms with Gasteiger partial charge in [0.25, 0.3) is 5.69 Å². The number of nitro benzene ring substituents is 1. The first-order chi connectivity index (χ1) is 7.74. The molecule has 0 heterocycles. The SMILES string of the molecule is CSCCCNCc1cccc([N+](=O)[O-])c1. The highest BCUT2D eigenvalue weighted by Crippen LogP contribution is 2.12. The fourth-order valence-corrected chi connectivity index (χ4v) is 1.79. The van der Waals surface area contributed by atoms with Gasteiger partial charge < -0.3 is 5.32 Å². The van der Waals surface area contributed by atoms with Crippen molar-refractivity contribution in [2.75, 3.05) is 18.6 Å². The van der Waals surface area contributed by atoms with Gasteiger partial charge in [0.15, 0.2) is 0 Å². The highest BCUT2D eigenvalue weighted by molar-refractivity contribution is 7.98. The summed E-state index contributed by atoms with van der Waals surface area (Å²) in [6.45, 7) is 1.64. The number of nitro groups is 1. The number of benzene rings is 1. The minimum Gasteiger partial charge on any atom is -0.313 e. The van der Waals surface area contributed by atoms with Crippen LogP contribution in [0.2, 0.25) is 0 Å². The first kappa shape index (κ1) is 13.0. The Bertz CT molecular complexity index is 345. The van der Waals surface area contributed by atoms with E-state index in [0.29, 0.717) is 6.54 Å². The smallest absolute Gasteiger partial charge is 0.269 e. The molecule has 16 heavy (non-hydrogen) atoms. The van der Waals surface area contributed by atoms with Crippen LogP contribution in [0, 0.1) is 10.1 Å². The third-order valence-corrected chi connectivity index (χ3v) is 2.85. The molecule has 5 heteroatoms. The van der Waals surface area contributed by atoms with E-state index in [-0.39, 0.29) is 10.6 Å². The van der Waals surface area contributed by atoms with Crippen LogP contribution >= 0.6 is 11.8 Å². The van der Waals surface area contributed by atoms with E-state index in [0.717, 1.165) is 24.3 Å². The minimum absolute atomic E-state index is 0.156. The topological polar surface area (TPSA) is 55.2 Å². The third-order valence-electron chi connectivity index (χ3n) is 2.15. The quantitative estimate of drug-likeness (QED) is 0.452. The fourth-order valence-electron chi connectivity index (χ4n) is 1.35. The number of nitrogens with one attached hydrogen (secondary N) is 1. The molecule has 0 atom stereocenters. The Kier molecular flexibility index (Phi) is 5.88. The number of hydrogen-bond acceptors (Lipinski definition) is 4. The van der Waals surface area contributed by atoms with Gasteiger partial charge in [-0.3, -0.25) is 10.1 Å². The van der Waals surface area contributed by atoms with Crippen LogP contribution < -0.4 is 5.32 Å². The molecular weight excluding hydrogens is 224 g/mol. The number of rotatable bonds is 7. The molecule has 0 radical (unpaired) electrons. The Morgan fingerprint density at radius 2 is 2.31 bits per heavy atom. The van der Waals surface area contributed by atoms with E-state index < -0.39 is 0 Å². The summed E-state index contributed by atoms with van der Waals surface area (Å²) in [4.78, 5) is 10.2. The largest absolute Gasteiger partial charge is 0.313 e. The normalized spacial score (nSPS) is 10.3. The zero-order chi connectivity index (χ0) is 11.8. The zero-order valence-electron chi connectivity index (χ0n) is 9.31. The van der Waals surface area contributed by atoms with Crippen molar-refractivity contribution >= 4 is 17.4 Å². The summed E-state index contributed by atoms with van der Waals surface area (Å²) >= 11 is 1.82. The maximum Gasteiger partial charge on any atom is 0.269 e. The van der Waals surface area contributed by atoms with Crippen molar-refractivity contribution in [2.45, 2.75) is 13.0 Å². The summed E-state index contributed by atoms with van der Waals surface area (Å²) in [7, 11) is 0. The molecule has 0 amide bonds. The van der Waals surface area contributed by atoms with Gasteiger partial charge in [-0.1, -0.05) is 12.1 Å². The lowest BCUT2D eigenvalue weighted by Gasteiger charge is -2.03. The van der Waals surface area contributed by atoms with Crippen molar-refractivity contribution in [3.05, 3.63) is 39.9 Å². The fraction of sp³-hybridized carbons (Fsp3) is 0.455. The summed E-state index contributed by atoms with van der Waals surface area (Å²) in [5.41, 5.74) is 1.11. The molecule has 0 aliphatic rings. The molecule has 0 unspecified atom stereocenters. The maximum absolute atomic E-state index is 10.6. The zero-order valence-corrected chi connectivity index (χ0v) is 10.1. The van der Waals surface area contributed by atoms with E-state index in [1.54, 1.807) is 12.1 Å². The second-order valence-corrected chi connectivity index (χ2v) is 4.44. The summed E-state index contributed by atoms with van der Waals surface area (Å²) < 4.78 is 0. The highest BCUT2D eigenvalue weighted by atomic mass is 32.2. The number of nitrogens with zero attached hydrogens (tertiary/aromatic N) is 1. The molecule has 0 aliphatic carbocycles. The van der Waals surface area contributed by atoms with Gasteiger partial charge in [-0.25, -0.2) is 0 Å². The van der Waals surface area contributed by atoms with E-state index in [9.17, 15) is 10.1 Å². The van der Waals surface area contributed by atoms with E-state index in [1.807, 2.05) is 17.8 Å². The molecule has 1 aromatic rings. The molecule has 0 aromatic heterocycles. The van der Waals surface area contributed by atoms with Gasteiger partial charge in [0, 0.05) is 18.7 Å². The number of hydrogen-bond donors (Lipinski definition) is 1. The molecule has 0 saturated carbocycles. The summed E-state index contributed by atoms with van der Waals surface area (Å²) in [6.07, 6.45) is 3.21. The monoisotopic (exact) mass is 240 g/mol. The molecule has 0 saturated heterocycles. The first-order valence-electron chi connectivity index (χ1n) is 5.17. The molecule has 0 aliphatic heterocycles. The van der Waals surface area contributed by atoms with Gasteiger partial charge in [-0.05, 0) is 30.5 Å². The van der Waals surface area contributed by atoms with Crippen LogP contribution in [0.15, 0.2) is 24.3 Å². The lowest BCUT2D eigenvalue weighted by Crippen LogP contribution is -2.15. The van der Waals surface area contributed by atoms with Crippen molar-refractivity contribution in [1.82, 2.24) is 5.32 Å². The van der Waals surface area contributed by atoms with Crippen molar-refractivity contribution in [3.63, 3.8) is 0 Å². The minimum atomic E-state index is -0.364. The molecule has 88 valence electrons. The van der Waals surface area contributed by atoms with Crippen molar-refractivity contribution in [1.29, 1.82) is 0 Å². The van der Waals surface area contributed by atoms with Gasteiger partial charge in [0.05, 0.1) is 4.92 Å². The third kappa shape index (κ3) is 4.63. The van der Waals surface area contributed by atoms with E-state index in [4.69, 9.17) is 0 Å². The average molecular weight is 240 g/mol.